The largest absolute Gasteiger partial charge is 0.494 e. The number of aliphatic carboxylic acids is 1. The molecule has 0 saturated heterocycles. The molecule has 1 atom stereocenters. The molecular formula is C13H17FO3. The van der Waals surface area contributed by atoms with Crippen molar-refractivity contribution < 1.29 is 19.0 Å². The van der Waals surface area contributed by atoms with E-state index >= 15 is 0 Å². The number of rotatable bonds is 6. The Morgan fingerprint density at radius 3 is 2.76 bits per heavy atom. The van der Waals surface area contributed by atoms with Gasteiger partial charge in [0.05, 0.1) is 7.11 Å². The van der Waals surface area contributed by atoms with Gasteiger partial charge in [0, 0.05) is 6.42 Å². The standard InChI is InChI=1S/C13H17FO3/c1-9(4-3-5-13(15)16)10-6-7-12(17-2)11(14)8-10/h6-9H,3-5H2,1-2H3,(H,15,16). The zero-order valence-electron chi connectivity index (χ0n) is 10.1. The lowest BCUT2D eigenvalue weighted by Crippen LogP contribution is -1.99. The second-order valence-corrected chi connectivity index (χ2v) is 4.08. The summed E-state index contributed by atoms with van der Waals surface area (Å²) in [6, 6.07) is 4.86. The Morgan fingerprint density at radius 2 is 2.24 bits per heavy atom. The predicted octanol–water partition coefficient (Wildman–Crippen LogP) is 3.19. The van der Waals surface area contributed by atoms with Crippen molar-refractivity contribution in [3.8, 4) is 5.75 Å². The fourth-order valence-electron chi connectivity index (χ4n) is 1.72. The molecule has 0 bridgehead atoms. The molecule has 0 amide bonds. The highest BCUT2D eigenvalue weighted by Gasteiger charge is 2.10. The molecule has 1 rings (SSSR count). The lowest BCUT2D eigenvalue weighted by atomic mass is 9.95. The Balaban J connectivity index is 2.59. The van der Waals surface area contributed by atoms with Gasteiger partial charge in [0.15, 0.2) is 11.6 Å². The summed E-state index contributed by atoms with van der Waals surface area (Å²) in [5.41, 5.74) is 0.869. The molecule has 0 aliphatic heterocycles. The first-order chi connectivity index (χ1) is 8.04. The van der Waals surface area contributed by atoms with Gasteiger partial charge in [-0.3, -0.25) is 4.79 Å². The summed E-state index contributed by atoms with van der Waals surface area (Å²) >= 11 is 0. The Bertz CT molecular complexity index is 390. The molecule has 0 radical (unpaired) electrons. The lowest BCUT2D eigenvalue weighted by Gasteiger charge is -2.12. The van der Waals surface area contributed by atoms with Crippen molar-refractivity contribution in [3.63, 3.8) is 0 Å². The highest BCUT2D eigenvalue weighted by molar-refractivity contribution is 5.66. The van der Waals surface area contributed by atoms with Crippen molar-refractivity contribution in [2.24, 2.45) is 0 Å². The van der Waals surface area contributed by atoms with Crippen LogP contribution in [0.5, 0.6) is 5.75 Å². The van der Waals surface area contributed by atoms with Gasteiger partial charge >= 0.3 is 5.97 Å². The van der Waals surface area contributed by atoms with E-state index in [-0.39, 0.29) is 23.9 Å². The molecule has 1 unspecified atom stereocenters. The number of hydrogen-bond donors (Lipinski definition) is 1. The van der Waals surface area contributed by atoms with Gasteiger partial charge in [-0.05, 0) is 36.5 Å². The Labute approximate surface area is 100 Å². The SMILES string of the molecule is COc1ccc(C(C)CCCC(=O)O)cc1F. The summed E-state index contributed by atoms with van der Waals surface area (Å²) in [5, 5.41) is 8.53. The van der Waals surface area contributed by atoms with Crippen LogP contribution in [0.25, 0.3) is 0 Å². The highest BCUT2D eigenvalue weighted by atomic mass is 19.1. The third-order valence-electron chi connectivity index (χ3n) is 2.77. The van der Waals surface area contributed by atoms with E-state index in [9.17, 15) is 9.18 Å². The van der Waals surface area contributed by atoms with Crippen molar-refractivity contribution in [1.29, 1.82) is 0 Å². The molecule has 0 spiro atoms. The fourth-order valence-corrected chi connectivity index (χ4v) is 1.72. The average molecular weight is 240 g/mol. The van der Waals surface area contributed by atoms with Gasteiger partial charge in [0.2, 0.25) is 0 Å². The summed E-state index contributed by atoms with van der Waals surface area (Å²) in [6.07, 6.45) is 1.49. The summed E-state index contributed by atoms with van der Waals surface area (Å²) in [4.78, 5) is 10.4. The molecule has 1 aromatic rings. The summed E-state index contributed by atoms with van der Waals surface area (Å²) in [7, 11) is 1.42. The second kappa shape index (κ2) is 6.23. The monoisotopic (exact) mass is 240 g/mol. The fraction of sp³-hybridized carbons (Fsp3) is 0.462. The van der Waals surface area contributed by atoms with Gasteiger partial charge in [0.1, 0.15) is 0 Å². The van der Waals surface area contributed by atoms with Crippen LogP contribution in [0.4, 0.5) is 4.39 Å². The van der Waals surface area contributed by atoms with Gasteiger partial charge in [0.25, 0.3) is 0 Å². The normalized spacial score (nSPS) is 12.2. The zero-order chi connectivity index (χ0) is 12.8. The topological polar surface area (TPSA) is 46.5 Å². The van der Waals surface area contributed by atoms with Gasteiger partial charge < -0.3 is 9.84 Å². The number of hydrogen-bond acceptors (Lipinski definition) is 2. The number of carboxylic acid groups (broad SMARTS) is 1. The van der Waals surface area contributed by atoms with Gasteiger partial charge in [-0.2, -0.15) is 0 Å². The molecule has 0 heterocycles. The molecule has 0 aromatic heterocycles. The van der Waals surface area contributed by atoms with Crippen molar-refractivity contribution in [2.75, 3.05) is 7.11 Å². The molecular weight excluding hydrogens is 223 g/mol. The number of methoxy groups -OCH3 is 1. The van der Waals surface area contributed by atoms with E-state index in [4.69, 9.17) is 9.84 Å². The predicted molar refractivity (Wildman–Crippen MR) is 62.9 cm³/mol. The maximum atomic E-state index is 13.4. The number of benzene rings is 1. The number of carbonyl (C=O) groups is 1. The van der Waals surface area contributed by atoms with Crippen LogP contribution in [0, 0.1) is 5.82 Å². The molecule has 0 aliphatic rings. The number of ether oxygens (including phenoxy) is 1. The van der Waals surface area contributed by atoms with E-state index in [2.05, 4.69) is 0 Å². The smallest absolute Gasteiger partial charge is 0.303 e. The third-order valence-corrected chi connectivity index (χ3v) is 2.77. The van der Waals surface area contributed by atoms with E-state index in [0.29, 0.717) is 6.42 Å². The van der Waals surface area contributed by atoms with Crippen molar-refractivity contribution in [2.45, 2.75) is 32.1 Å². The van der Waals surface area contributed by atoms with Crippen LogP contribution in [0.1, 0.15) is 37.7 Å². The van der Waals surface area contributed by atoms with Crippen LogP contribution in [0.2, 0.25) is 0 Å². The van der Waals surface area contributed by atoms with E-state index in [1.807, 2.05) is 13.0 Å². The first-order valence-electron chi connectivity index (χ1n) is 5.59. The molecule has 1 aromatic carbocycles. The zero-order valence-corrected chi connectivity index (χ0v) is 10.1. The lowest BCUT2D eigenvalue weighted by molar-refractivity contribution is -0.137. The maximum Gasteiger partial charge on any atom is 0.303 e. The Kier molecular flexibility index (Phi) is 4.94. The van der Waals surface area contributed by atoms with E-state index < -0.39 is 5.97 Å². The highest BCUT2D eigenvalue weighted by Crippen LogP contribution is 2.26. The first kappa shape index (κ1) is 13.5. The van der Waals surface area contributed by atoms with Crippen LogP contribution < -0.4 is 4.74 Å². The Morgan fingerprint density at radius 1 is 1.53 bits per heavy atom. The Hall–Kier alpha value is -1.58. The van der Waals surface area contributed by atoms with E-state index in [1.165, 1.54) is 13.2 Å². The minimum absolute atomic E-state index is 0.148. The molecule has 3 nitrogen and oxygen atoms in total. The molecule has 0 fully saturated rings. The van der Waals surface area contributed by atoms with Gasteiger partial charge in [-0.1, -0.05) is 13.0 Å². The minimum Gasteiger partial charge on any atom is -0.494 e. The number of halogens is 1. The molecule has 94 valence electrons. The van der Waals surface area contributed by atoms with Gasteiger partial charge in [-0.15, -0.1) is 0 Å². The van der Waals surface area contributed by atoms with Crippen LogP contribution in [-0.4, -0.2) is 18.2 Å². The van der Waals surface area contributed by atoms with Crippen LogP contribution >= 0.6 is 0 Å². The molecule has 0 saturated carbocycles. The summed E-state index contributed by atoms with van der Waals surface area (Å²) in [5.74, 6) is -0.797. The van der Waals surface area contributed by atoms with Crippen molar-refractivity contribution in [3.05, 3.63) is 29.6 Å². The first-order valence-corrected chi connectivity index (χ1v) is 5.59. The van der Waals surface area contributed by atoms with Crippen LogP contribution in [0.3, 0.4) is 0 Å². The third kappa shape index (κ3) is 4.06. The maximum absolute atomic E-state index is 13.4. The average Bonchev–Trinajstić information content (AvgIpc) is 2.28. The van der Waals surface area contributed by atoms with Crippen molar-refractivity contribution >= 4 is 5.97 Å². The van der Waals surface area contributed by atoms with E-state index in [0.717, 1.165) is 12.0 Å². The van der Waals surface area contributed by atoms with E-state index in [1.54, 1.807) is 6.07 Å². The second-order valence-electron chi connectivity index (χ2n) is 4.08. The van der Waals surface area contributed by atoms with Crippen LogP contribution in [0.15, 0.2) is 18.2 Å². The molecule has 0 aliphatic carbocycles. The van der Waals surface area contributed by atoms with Gasteiger partial charge in [-0.25, -0.2) is 4.39 Å². The summed E-state index contributed by atoms with van der Waals surface area (Å²) < 4.78 is 18.3. The minimum atomic E-state index is -0.793. The number of carboxylic acids is 1. The van der Waals surface area contributed by atoms with Crippen LogP contribution in [-0.2, 0) is 4.79 Å². The quantitative estimate of drug-likeness (QED) is 0.830. The molecule has 17 heavy (non-hydrogen) atoms. The molecule has 4 heteroatoms. The summed E-state index contributed by atoms with van der Waals surface area (Å²) in [6.45, 7) is 1.96. The molecule has 1 N–H and O–H groups in total. The van der Waals surface area contributed by atoms with Crippen molar-refractivity contribution in [1.82, 2.24) is 0 Å².